The van der Waals surface area contributed by atoms with E-state index in [-0.39, 0.29) is 5.60 Å². The van der Waals surface area contributed by atoms with Gasteiger partial charge in [-0.25, -0.2) is 0 Å². The predicted octanol–water partition coefficient (Wildman–Crippen LogP) is 1.56. The number of hydrogen-bond donors (Lipinski definition) is 1. The standard InChI is InChI=1S/C10H14O/c11-9-3-6-1-7-2-8(5-9)10(7,9)4-6/h6-8,11H,1-5H2. The SMILES string of the molecule is OC12CC3CC4CC(C1)C42C3. The molecule has 2 bridgehead atoms. The fraction of sp³-hybridized carbons (Fsp3) is 1.00. The Labute approximate surface area is 66.8 Å². The Kier molecular flexibility index (Phi) is 0.602. The molecular formula is C10H14O. The van der Waals surface area contributed by atoms with Crippen LogP contribution in [0.5, 0.6) is 0 Å². The van der Waals surface area contributed by atoms with Crippen LogP contribution in [0.2, 0.25) is 0 Å². The van der Waals surface area contributed by atoms with E-state index in [4.69, 9.17) is 0 Å². The molecule has 4 fully saturated rings. The van der Waals surface area contributed by atoms with Gasteiger partial charge in [-0.05, 0) is 49.9 Å². The van der Waals surface area contributed by atoms with Crippen LogP contribution in [0.1, 0.15) is 32.1 Å². The molecule has 1 nitrogen and oxygen atoms in total. The first-order valence-corrected chi connectivity index (χ1v) is 4.97. The van der Waals surface area contributed by atoms with E-state index in [1.54, 1.807) is 0 Å². The van der Waals surface area contributed by atoms with Crippen LogP contribution in [0.25, 0.3) is 0 Å². The summed E-state index contributed by atoms with van der Waals surface area (Å²) >= 11 is 0. The fourth-order valence-electron chi connectivity index (χ4n) is 5.13. The number of fused-ring (bicyclic) bond motifs is 1. The Bertz CT molecular complexity index is 249. The monoisotopic (exact) mass is 150 g/mol. The summed E-state index contributed by atoms with van der Waals surface area (Å²) in [7, 11) is 0. The number of aliphatic hydroxyl groups is 1. The van der Waals surface area contributed by atoms with Gasteiger partial charge in [-0.15, -0.1) is 0 Å². The van der Waals surface area contributed by atoms with E-state index in [0.29, 0.717) is 5.41 Å². The Morgan fingerprint density at radius 2 is 1.91 bits per heavy atom. The van der Waals surface area contributed by atoms with Gasteiger partial charge in [0, 0.05) is 5.41 Å². The minimum atomic E-state index is -0.149. The average Bonchev–Trinajstić information content (AvgIpc) is 2.34. The fourth-order valence-corrected chi connectivity index (χ4v) is 5.13. The highest BCUT2D eigenvalue weighted by Crippen LogP contribution is 2.82. The second-order valence-electron chi connectivity index (χ2n) is 5.42. The highest BCUT2D eigenvalue weighted by molar-refractivity contribution is 5.29. The Balaban J connectivity index is 1.92. The molecule has 1 spiro atoms. The first-order chi connectivity index (χ1) is 5.25. The molecule has 0 radical (unpaired) electrons. The number of hydrogen-bond acceptors (Lipinski definition) is 1. The summed E-state index contributed by atoms with van der Waals surface area (Å²) in [6, 6.07) is 0. The lowest BCUT2D eigenvalue weighted by Crippen LogP contribution is -2.70. The normalized spacial score (nSPS) is 75.5. The van der Waals surface area contributed by atoms with Crippen molar-refractivity contribution in [3.05, 3.63) is 0 Å². The zero-order valence-electron chi connectivity index (χ0n) is 6.71. The predicted molar refractivity (Wildman–Crippen MR) is 40.9 cm³/mol. The molecule has 0 aromatic rings. The smallest absolute Gasteiger partial charge is 0.0714 e. The zero-order valence-corrected chi connectivity index (χ0v) is 6.71. The van der Waals surface area contributed by atoms with Crippen molar-refractivity contribution in [2.75, 3.05) is 0 Å². The summed E-state index contributed by atoms with van der Waals surface area (Å²) < 4.78 is 0. The molecule has 4 aliphatic rings. The van der Waals surface area contributed by atoms with Gasteiger partial charge >= 0.3 is 0 Å². The van der Waals surface area contributed by atoms with Gasteiger partial charge in [0.05, 0.1) is 5.60 Å². The molecule has 4 aliphatic carbocycles. The van der Waals surface area contributed by atoms with Crippen molar-refractivity contribution in [3.8, 4) is 0 Å². The van der Waals surface area contributed by atoms with Crippen LogP contribution in [-0.4, -0.2) is 10.7 Å². The second kappa shape index (κ2) is 1.19. The van der Waals surface area contributed by atoms with Gasteiger partial charge in [-0.1, -0.05) is 0 Å². The molecule has 0 saturated heterocycles. The minimum Gasteiger partial charge on any atom is -0.389 e. The molecule has 11 heavy (non-hydrogen) atoms. The molecule has 60 valence electrons. The van der Waals surface area contributed by atoms with Gasteiger partial charge < -0.3 is 5.11 Å². The summed E-state index contributed by atoms with van der Waals surface area (Å²) in [6.07, 6.45) is 6.61. The lowest BCUT2D eigenvalue weighted by molar-refractivity contribution is -0.284. The summed E-state index contributed by atoms with van der Waals surface area (Å²) in [5.74, 6) is 2.81. The van der Waals surface area contributed by atoms with E-state index in [2.05, 4.69) is 0 Å². The quantitative estimate of drug-likeness (QED) is 0.555. The average molecular weight is 150 g/mol. The van der Waals surface area contributed by atoms with Gasteiger partial charge in [0.25, 0.3) is 0 Å². The van der Waals surface area contributed by atoms with Gasteiger partial charge in [0.15, 0.2) is 0 Å². The van der Waals surface area contributed by atoms with E-state index in [1.165, 1.54) is 19.3 Å². The summed E-state index contributed by atoms with van der Waals surface area (Å²) in [6.45, 7) is 0. The Hall–Kier alpha value is -0.0400. The van der Waals surface area contributed by atoms with Crippen molar-refractivity contribution in [3.63, 3.8) is 0 Å². The molecule has 5 unspecified atom stereocenters. The highest BCUT2D eigenvalue weighted by atomic mass is 16.3. The van der Waals surface area contributed by atoms with E-state index in [1.807, 2.05) is 0 Å². The number of rotatable bonds is 0. The van der Waals surface area contributed by atoms with Crippen LogP contribution in [0.4, 0.5) is 0 Å². The van der Waals surface area contributed by atoms with Crippen LogP contribution in [0.3, 0.4) is 0 Å². The zero-order chi connectivity index (χ0) is 7.27. The van der Waals surface area contributed by atoms with Crippen LogP contribution in [-0.2, 0) is 0 Å². The summed E-state index contributed by atoms with van der Waals surface area (Å²) in [5.41, 5.74) is 0.348. The van der Waals surface area contributed by atoms with Crippen molar-refractivity contribution in [2.45, 2.75) is 37.7 Å². The second-order valence-corrected chi connectivity index (χ2v) is 5.42. The Morgan fingerprint density at radius 3 is 2.45 bits per heavy atom. The third-order valence-corrected chi connectivity index (χ3v) is 5.35. The molecule has 0 aromatic heterocycles. The molecule has 5 atom stereocenters. The third-order valence-electron chi connectivity index (χ3n) is 5.35. The van der Waals surface area contributed by atoms with Gasteiger partial charge in [0.2, 0.25) is 0 Å². The van der Waals surface area contributed by atoms with E-state index in [0.717, 1.165) is 30.6 Å². The highest BCUT2D eigenvalue weighted by Gasteiger charge is 2.80. The van der Waals surface area contributed by atoms with E-state index in [9.17, 15) is 5.11 Å². The lowest BCUT2D eigenvalue weighted by atomic mass is 9.36. The first-order valence-electron chi connectivity index (χ1n) is 4.97. The van der Waals surface area contributed by atoms with Crippen molar-refractivity contribution >= 4 is 0 Å². The van der Waals surface area contributed by atoms with Crippen molar-refractivity contribution in [1.82, 2.24) is 0 Å². The maximum absolute atomic E-state index is 10.2. The van der Waals surface area contributed by atoms with Crippen molar-refractivity contribution in [2.24, 2.45) is 23.2 Å². The third kappa shape index (κ3) is 0.327. The van der Waals surface area contributed by atoms with Gasteiger partial charge in [0.1, 0.15) is 0 Å². The summed E-state index contributed by atoms with van der Waals surface area (Å²) in [4.78, 5) is 0. The molecule has 0 heterocycles. The molecule has 0 aromatic carbocycles. The Morgan fingerprint density at radius 1 is 1.00 bits per heavy atom. The van der Waals surface area contributed by atoms with Crippen LogP contribution >= 0.6 is 0 Å². The van der Waals surface area contributed by atoms with Crippen LogP contribution in [0, 0.1) is 23.2 Å². The molecule has 1 N–H and O–H groups in total. The topological polar surface area (TPSA) is 20.2 Å². The summed E-state index contributed by atoms with van der Waals surface area (Å²) in [5, 5.41) is 10.2. The maximum Gasteiger partial charge on any atom is 0.0714 e. The molecule has 1 heteroatoms. The molecular weight excluding hydrogens is 136 g/mol. The lowest BCUT2D eigenvalue weighted by Gasteiger charge is -2.70. The minimum absolute atomic E-state index is 0.149. The first kappa shape index (κ1) is 5.58. The van der Waals surface area contributed by atoms with Gasteiger partial charge in [-0.3, -0.25) is 0 Å². The van der Waals surface area contributed by atoms with Crippen molar-refractivity contribution < 1.29 is 5.11 Å². The molecule has 0 aliphatic heterocycles. The largest absolute Gasteiger partial charge is 0.389 e. The maximum atomic E-state index is 10.2. The van der Waals surface area contributed by atoms with Gasteiger partial charge in [-0.2, -0.15) is 0 Å². The van der Waals surface area contributed by atoms with Crippen LogP contribution in [0.15, 0.2) is 0 Å². The van der Waals surface area contributed by atoms with E-state index < -0.39 is 0 Å². The van der Waals surface area contributed by atoms with E-state index >= 15 is 0 Å². The van der Waals surface area contributed by atoms with Crippen LogP contribution < -0.4 is 0 Å². The molecule has 0 amide bonds. The van der Waals surface area contributed by atoms with Crippen molar-refractivity contribution in [1.29, 1.82) is 0 Å². The molecule has 4 saturated carbocycles. The molecule has 4 rings (SSSR count).